The predicted octanol–water partition coefficient (Wildman–Crippen LogP) is 4.38. The van der Waals surface area contributed by atoms with Crippen LogP contribution in [0.4, 0.5) is 5.69 Å². The maximum absolute atomic E-state index is 5.94. The smallest absolute Gasteiger partial charge is 0.128 e. The molecule has 106 valence electrons. The number of ether oxygens (including phenoxy) is 1. The van der Waals surface area contributed by atoms with Crippen molar-refractivity contribution >= 4 is 28.2 Å². The van der Waals surface area contributed by atoms with Gasteiger partial charge < -0.3 is 10.1 Å². The largest absolute Gasteiger partial charge is 0.491 e. The molecule has 0 aliphatic rings. The molecular formula is C17H15ClN2O. The van der Waals surface area contributed by atoms with Crippen LogP contribution in [0.5, 0.6) is 5.75 Å². The van der Waals surface area contributed by atoms with Crippen molar-refractivity contribution in [3.63, 3.8) is 0 Å². The van der Waals surface area contributed by atoms with Crippen LogP contribution < -0.4 is 10.1 Å². The molecule has 3 rings (SSSR count). The number of rotatable bonds is 5. The zero-order valence-corrected chi connectivity index (χ0v) is 12.2. The summed E-state index contributed by atoms with van der Waals surface area (Å²) in [6.45, 7) is 1.28. The Morgan fingerprint density at radius 3 is 2.86 bits per heavy atom. The summed E-state index contributed by atoms with van der Waals surface area (Å²) in [5, 5.41) is 5.03. The minimum atomic E-state index is 0.570. The van der Waals surface area contributed by atoms with Crippen LogP contribution in [-0.2, 0) is 0 Å². The first kappa shape index (κ1) is 13.7. The van der Waals surface area contributed by atoms with E-state index < -0.39 is 0 Å². The van der Waals surface area contributed by atoms with Gasteiger partial charge in [-0.15, -0.1) is 0 Å². The normalized spacial score (nSPS) is 10.5. The van der Waals surface area contributed by atoms with Crippen LogP contribution in [0.15, 0.2) is 60.8 Å². The van der Waals surface area contributed by atoms with Gasteiger partial charge >= 0.3 is 0 Å². The van der Waals surface area contributed by atoms with E-state index in [1.807, 2.05) is 54.6 Å². The number of nitrogens with one attached hydrogen (secondary N) is 1. The van der Waals surface area contributed by atoms with Crippen LogP contribution in [-0.4, -0.2) is 18.1 Å². The van der Waals surface area contributed by atoms with Gasteiger partial charge in [0.15, 0.2) is 0 Å². The highest BCUT2D eigenvalue weighted by atomic mass is 35.5. The van der Waals surface area contributed by atoms with Crippen molar-refractivity contribution in [3.05, 3.63) is 65.8 Å². The summed E-state index contributed by atoms with van der Waals surface area (Å²) in [6, 6.07) is 17.5. The van der Waals surface area contributed by atoms with E-state index in [1.54, 1.807) is 6.20 Å². The molecule has 0 spiro atoms. The van der Waals surface area contributed by atoms with E-state index in [9.17, 15) is 0 Å². The van der Waals surface area contributed by atoms with Gasteiger partial charge in [-0.05, 0) is 42.5 Å². The fourth-order valence-corrected chi connectivity index (χ4v) is 2.35. The molecule has 0 atom stereocenters. The summed E-state index contributed by atoms with van der Waals surface area (Å²) in [5.41, 5.74) is 1.93. The maximum Gasteiger partial charge on any atom is 0.128 e. The molecule has 2 aromatic carbocycles. The van der Waals surface area contributed by atoms with Gasteiger partial charge in [-0.2, -0.15) is 0 Å². The first-order valence-electron chi connectivity index (χ1n) is 6.79. The van der Waals surface area contributed by atoms with Crippen molar-refractivity contribution < 1.29 is 4.74 Å². The first-order valence-corrected chi connectivity index (χ1v) is 7.17. The fraction of sp³-hybridized carbons (Fsp3) is 0.118. The number of nitrogens with zero attached hydrogens (tertiary/aromatic N) is 1. The van der Waals surface area contributed by atoms with Crippen LogP contribution in [0.1, 0.15) is 0 Å². The zero-order chi connectivity index (χ0) is 14.5. The molecule has 4 heteroatoms. The lowest BCUT2D eigenvalue weighted by atomic mass is 10.2. The molecule has 1 heterocycles. The number of aromatic nitrogens is 1. The quantitative estimate of drug-likeness (QED) is 0.710. The average Bonchev–Trinajstić information content (AvgIpc) is 2.52. The summed E-state index contributed by atoms with van der Waals surface area (Å²) in [4.78, 5) is 4.32. The van der Waals surface area contributed by atoms with Crippen molar-refractivity contribution in [1.82, 2.24) is 4.98 Å². The number of halogens is 1. The van der Waals surface area contributed by atoms with E-state index in [0.29, 0.717) is 13.2 Å². The summed E-state index contributed by atoms with van der Waals surface area (Å²) in [6.07, 6.45) is 1.78. The molecule has 0 aliphatic carbocycles. The number of hydrogen-bond acceptors (Lipinski definition) is 3. The van der Waals surface area contributed by atoms with Crippen LogP contribution >= 0.6 is 11.6 Å². The summed E-state index contributed by atoms with van der Waals surface area (Å²) >= 11 is 5.94. The topological polar surface area (TPSA) is 34.1 Å². The van der Waals surface area contributed by atoms with E-state index in [2.05, 4.69) is 10.3 Å². The third kappa shape index (κ3) is 3.44. The number of benzene rings is 2. The molecule has 0 amide bonds. The third-order valence-electron chi connectivity index (χ3n) is 3.12. The standard InChI is InChI=1S/C17H15ClN2O/c18-13-4-1-5-14(12-13)19-10-11-21-17-8-2-7-16-15(17)6-3-9-20-16/h1-9,12,19H,10-11H2. The van der Waals surface area contributed by atoms with Crippen LogP contribution in [0.3, 0.4) is 0 Å². The van der Waals surface area contributed by atoms with Crippen LogP contribution in [0, 0.1) is 0 Å². The Hall–Kier alpha value is -2.26. The van der Waals surface area contributed by atoms with E-state index in [-0.39, 0.29) is 0 Å². The van der Waals surface area contributed by atoms with Gasteiger partial charge in [0.25, 0.3) is 0 Å². The van der Waals surface area contributed by atoms with E-state index >= 15 is 0 Å². The van der Waals surface area contributed by atoms with Crippen molar-refractivity contribution in [2.24, 2.45) is 0 Å². The Labute approximate surface area is 128 Å². The Bertz CT molecular complexity index is 740. The molecule has 3 aromatic rings. The molecule has 0 fully saturated rings. The van der Waals surface area contributed by atoms with Crippen molar-refractivity contribution in [3.8, 4) is 5.75 Å². The van der Waals surface area contributed by atoms with Crippen LogP contribution in [0.2, 0.25) is 5.02 Å². The van der Waals surface area contributed by atoms with E-state index in [0.717, 1.165) is 27.4 Å². The molecule has 0 radical (unpaired) electrons. The molecule has 1 aromatic heterocycles. The van der Waals surface area contributed by atoms with E-state index in [1.165, 1.54) is 0 Å². The second kappa shape index (κ2) is 6.46. The van der Waals surface area contributed by atoms with Gasteiger partial charge in [-0.1, -0.05) is 23.7 Å². The number of anilines is 1. The average molecular weight is 299 g/mol. The molecule has 0 unspecified atom stereocenters. The highest BCUT2D eigenvalue weighted by Gasteiger charge is 2.01. The Kier molecular flexibility index (Phi) is 4.22. The minimum Gasteiger partial charge on any atom is -0.491 e. The Morgan fingerprint density at radius 2 is 1.95 bits per heavy atom. The van der Waals surface area contributed by atoms with Crippen molar-refractivity contribution in [2.75, 3.05) is 18.5 Å². The van der Waals surface area contributed by atoms with Crippen molar-refractivity contribution in [1.29, 1.82) is 0 Å². The molecule has 3 nitrogen and oxygen atoms in total. The second-order valence-electron chi connectivity index (χ2n) is 4.61. The number of fused-ring (bicyclic) bond motifs is 1. The SMILES string of the molecule is Clc1cccc(NCCOc2cccc3ncccc23)c1. The Morgan fingerprint density at radius 1 is 1.05 bits per heavy atom. The van der Waals surface area contributed by atoms with Gasteiger partial charge in [0.05, 0.1) is 5.52 Å². The number of pyridine rings is 1. The molecule has 0 saturated carbocycles. The predicted molar refractivity (Wildman–Crippen MR) is 87.2 cm³/mol. The van der Waals surface area contributed by atoms with E-state index in [4.69, 9.17) is 16.3 Å². The molecule has 0 saturated heterocycles. The molecule has 21 heavy (non-hydrogen) atoms. The summed E-state index contributed by atoms with van der Waals surface area (Å²) < 4.78 is 5.84. The number of hydrogen-bond donors (Lipinski definition) is 1. The third-order valence-corrected chi connectivity index (χ3v) is 3.35. The van der Waals surface area contributed by atoms with Gasteiger partial charge in [0, 0.05) is 28.8 Å². The fourth-order valence-electron chi connectivity index (χ4n) is 2.16. The van der Waals surface area contributed by atoms with Gasteiger partial charge in [-0.3, -0.25) is 4.98 Å². The Balaban J connectivity index is 1.60. The van der Waals surface area contributed by atoms with Crippen molar-refractivity contribution in [2.45, 2.75) is 0 Å². The lowest BCUT2D eigenvalue weighted by molar-refractivity contribution is 0.337. The molecule has 1 N–H and O–H groups in total. The monoisotopic (exact) mass is 298 g/mol. The first-order chi connectivity index (χ1) is 10.3. The zero-order valence-electron chi connectivity index (χ0n) is 11.4. The summed E-state index contributed by atoms with van der Waals surface area (Å²) in [5.74, 6) is 0.855. The molecular weight excluding hydrogens is 284 g/mol. The lowest BCUT2D eigenvalue weighted by Gasteiger charge is -2.10. The van der Waals surface area contributed by atoms with Gasteiger partial charge in [-0.25, -0.2) is 0 Å². The van der Waals surface area contributed by atoms with Gasteiger partial charge in [0.1, 0.15) is 12.4 Å². The maximum atomic E-state index is 5.94. The molecule has 0 bridgehead atoms. The second-order valence-corrected chi connectivity index (χ2v) is 5.05. The van der Waals surface area contributed by atoms with Gasteiger partial charge in [0.2, 0.25) is 0 Å². The minimum absolute atomic E-state index is 0.570. The highest BCUT2D eigenvalue weighted by molar-refractivity contribution is 6.30. The summed E-state index contributed by atoms with van der Waals surface area (Å²) in [7, 11) is 0. The van der Waals surface area contributed by atoms with Crippen LogP contribution in [0.25, 0.3) is 10.9 Å². The highest BCUT2D eigenvalue weighted by Crippen LogP contribution is 2.23. The molecule has 0 aliphatic heterocycles. The lowest BCUT2D eigenvalue weighted by Crippen LogP contribution is -2.11.